The van der Waals surface area contributed by atoms with Crippen LogP contribution in [0.3, 0.4) is 0 Å². The van der Waals surface area contributed by atoms with Crippen molar-refractivity contribution in [3.63, 3.8) is 0 Å². The third-order valence-corrected chi connectivity index (χ3v) is 3.34. The van der Waals surface area contributed by atoms with E-state index in [4.69, 9.17) is 11.6 Å². The Bertz CT molecular complexity index is 518. The fourth-order valence-electron chi connectivity index (χ4n) is 2.27. The molecule has 1 atom stereocenters. The van der Waals surface area contributed by atoms with Gasteiger partial charge < -0.3 is 5.32 Å². The zero-order valence-electron chi connectivity index (χ0n) is 9.43. The summed E-state index contributed by atoms with van der Waals surface area (Å²) in [6, 6.07) is 0.487. The predicted molar refractivity (Wildman–Crippen MR) is 66.0 cm³/mol. The molecule has 0 unspecified atom stereocenters. The Morgan fingerprint density at radius 2 is 2.35 bits per heavy atom. The highest BCUT2D eigenvalue weighted by Crippen LogP contribution is 2.15. The van der Waals surface area contributed by atoms with E-state index in [9.17, 15) is 0 Å². The molecule has 1 aliphatic heterocycles. The molecule has 17 heavy (non-hydrogen) atoms. The van der Waals surface area contributed by atoms with Crippen molar-refractivity contribution in [2.24, 2.45) is 0 Å². The van der Waals surface area contributed by atoms with Crippen LogP contribution in [0.5, 0.6) is 0 Å². The van der Waals surface area contributed by atoms with Gasteiger partial charge in [-0.05, 0) is 31.0 Å². The first-order chi connectivity index (χ1) is 8.33. The quantitative estimate of drug-likeness (QED) is 0.825. The number of hydrogen-bond donors (Lipinski definition) is 1. The molecule has 5 nitrogen and oxygen atoms in total. The Hall–Kier alpha value is -1.20. The Labute approximate surface area is 104 Å². The summed E-state index contributed by atoms with van der Waals surface area (Å²) >= 11 is 5.81. The maximum atomic E-state index is 5.81. The Balaban J connectivity index is 1.86. The van der Waals surface area contributed by atoms with E-state index < -0.39 is 0 Å². The highest BCUT2D eigenvalue weighted by molar-refractivity contribution is 6.28. The molecule has 0 aromatic carbocycles. The van der Waals surface area contributed by atoms with Gasteiger partial charge in [0.1, 0.15) is 0 Å². The second-order valence-electron chi connectivity index (χ2n) is 4.39. The van der Waals surface area contributed by atoms with Crippen molar-refractivity contribution in [3.05, 3.63) is 17.7 Å². The SMILES string of the molecule is Clc1ncc2cnn(C[C@H]3CCCCN3)c2n1. The fraction of sp³-hybridized carbons (Fsp3) is 0.545. The maximum absolute atomic E-state index is 5.81. The molecule has 2 aromatic heterocycles. The first-order valence-corrected chi connectivity index (χ1v) is 6.28. The number of hydrogen-bond acceptors (Lipinski definition) is 4. The number of rotatable bonds is 2. The molecule has 0 spiro atoms. The first kappa shape index (κ1) is 10.9. The molecule has 90 valence electrons. The molecule has 1 saturated heterocycles. The molecule has 3 rings (SSSR count). The minimum Gasteiger partial charge on any atom is -0.312 e. The molecule has 1 N–H and O–H groups in total. The highest BCUT2D eigenvalue weighted by Gasteiger charge is 2.15. The van der Waals surface area contributed by atoms with Crippen molar-refractivity contribution in [3.8, 4) is 0 Å². The van der Waals surface area contributed by atoms with Crippen molar-refractivity contribution < 1.29 is 0 Å². The standard InChI is InChI=1S/C11H14ClN5/c12-11-14-5-8-6-15-17(10(8)16-11)7-9-3-1-2-4-13-9/h5-6,9,13H,1-4,7H2/t9-/m1/s1. The van der Waals surface area contributed by atoms with Crippen LogP contribution in [-0.2, 0) is 6.54 Å². The molecule has 0 saturated carbocycles. The van der Waals surface area contributed by atoms with Crippen LogP contribution < -0.4 is 5.32 Å². The van der Waals surface area contributed by atoms with Gasteiger partial charge in [0, 0.05) is 12.2 Å². The Morgan fingerprint density at radius 1 is 1.41 bits per heavy atom. The van der Waals surface area contributed by atoms with E-state index in [0.29, 0.717) is 6.04 Å². The highest BCUT2D eigenvalue weighted by atomic mass is 35.5. The van der Waals surface area contributed by atoms with Crippen LogP contribution in [0.4, 0.5) is 0 Å². The molecular formula is C11H14ClN5. The summed E-state index contributed by atoms with van der Waals surface area (Å²) < 4.78 is 1.91. The van der Waals surface area contributed by atoms with Crippen molar-refractivity contribution >= 4 is 22.6 Å². The third kappa shape index (κ3) is 2.25. The Kier molecular flexibility index (Phi) is 2.94. The number of piperidine rings is 1. The molecule has 3 heterocycles. The molecule has 0 amide bonds. The first-order valence-electron chi connectivity index (χ1n) is 5.90. The summed E-state index contributed by atoms with van der Waals surface area (Å²) in [5.41, 5.74) is 0.817. The molecule has 2 aromatic rings. The molecular weight excluding hydrogens is 238 g/mol. The summed E-state index contributed by atoms with van der Waals surface area (Å²) in [6.07, 6.45) is 7.24. The summed E-state index contributed by atoms with van der Waals surface area (Å²) in [7, 11) is 0. The number of nitrogens with one attached hydrogen (secondary N) is 1. The molecule has 1 aliphatic rings. The number of nitrogens with zero attached hydrogens (tertiary/aromatic N) is 4. The number of aromatic nitrogens is 4. The zero-order chi connectivity index (χ0) is 11.7. The molecule has 0 bridgehead atoms. The maximum Gasteiger partial charge on any atom is 0.224 e. The van der Waals surface area contributed by atoms with Crippen molar-refractivity contribution in [1.82, 2.24) is 25.1 Å². The minimum atomic E-state index is 0.274. The molecule has 0 aliphatic carbocycles. The second kappa shape index (κ2) is 4.58. The van der Waals surface area contributed by atoms with Gasteiger partial charge in [-0.3, -0.25) is 0 Å². The molecule has 6 heteroatoms. The average Bonchev–Trinajstić information content (AvgIpc) is 2.73. The summed E-state index contributed by atoms with van der Waals surface area (Å²) in [6.45, 7) is 1.94. The summed E-state index contributed by atoms with van der Waals surface area (Å²) in [4.78, 5) is 8.18. The predicted octanol–water partition coefficient (Wildman–Crippen LogP) is 1.62. The molecule has 1 fully saturated rings. The lowest BCUT2D eigenvalue weighted by Gasteiger charge is -2.23. The van der Waals surface area contributed by atoms with Crippen LogP contribution >= 0.6 is 11.6 Å². The lowest BCUT2D eigenvalue weighted by Crippen LogP contribution is -2.37. The smallest absolute Gasteiger partial charge is 0.224 e. The fourth-order valence-corrected chi connectivity index (χ4v) is 2.40. The lowest BCUT2D eigenvalue weighted by atomic mass is 10.1. The van der Waals surface area contributed by atoms with Gasteiger partial charge in [0.2, 0.25) is 5.28 Å². The van der Waals surface area contributed by atoms with Gasteiger partial charge in [-0.2, -0.15) is 10.1 Å². The zero-order valence-corrected chi connectivity index (χ0v) is 10.2. The van der Waals surface area contributed by atoms with Gasteiger partial charge in [0.25, 0.3) is 0 Å². The number of fused-ring (bicyclic) bond motifs is 1. The van der Waals surface area contributed by atoms with Crippen molar-refractivity contribution in [2.75, 3.05) is 6.54 Å². The molecule has 0 radical (unpaired) electrons. The van der Waals surface area contributed by atoms with Gasteiger partial charge in [0.05, 0.1) is 18.1 Å². The largest absolute Gasteiger partial charge is 0.312 e. The monoisotopic (exact) mass is 251 g/mol. The van der Waals surface area contributed by atoms with E-state index in [1.807, 2.05) is 4.68 Å². The average molecular weight is 252 g/mol. The van der Waals surface area contributed by atoms with E-state index in [2.05, 4.69) is 20.4 Å². The van der Waals surface area contributed by atoms with Gasteiger partial charge in [-0.25, -0.2) is 9.67 Å². The van der Waals surface area contributed by atoms with Crippen molar-refractivity contribution in [2.45, 2.75) is 31.8 Å². The van der Waals surface area contributed by atoms with Gasteiger partial charge in [-0.1, -0.05) is 6.42 Å². The lowest BCUT2D eigenvalue weighted by molar-refractivity contribution is 0.354. The van der Waals surface area contributed by atoms with Crippen molar-refractivity contribution in [1.29, 1.82) is 0 Å². The van der Waals surface area contributed by atoms with E-state index >= 15 is 0 Å². The van der Waals surface area contributed by atoms with E-state index in [-0.39, 0.29) is 5.28 Å². The van der Waals surface area contributed by atoms with Gasteiger partial charge >= 0.3 is 0 Å². The van der Waals surface area contributed by atoms with Crippen LogP contribution in [0.2, 0.25) is 5.28 Å². The van der Waals surface area contributed by atoms with Crippen LogP contribution in [0.1, 0.15) is 19.3 Å². The summed E-state index contributed by atoms with van der Waals surface area (Å²) in [5, 5.41) is 9.05. The summed E-state index contributed by atoms with van der Waals surface area (Å²) in [5.74, 6) is 0. The van der Waals surface area contributed by atoms with Gasteiger partial charge in [0.15, 0.2) is 5.65 Å². The minimum absolute atomic E-state index is 0.274. The van der Waals surface area contributed by atoms with Crippen LogP contribution in [0.15, 0.2) is 12.4 Å². The second-order valence-corrected chi connectivity index (χ2v) is 4.73. The normalized spacial score (nSPS) is 20.9. The van der Waals surface area contributed by atoms with E-state index in [1.54, 1.807) is 12.4 Å². The van der Waals surface area contributed by atoms with E-state index in [0.717, 1.165) is 24.1 Å². The number of halogens is 1. The van der Waals surface area contributed by atoms with E-state index in [1.165, 1.54) is 19.3 Å². The van der Waals surface area contributed by atoms with Crippen LogP contribution in [0, 0.1) is 0 Å². The third-order valence-electron chi connectivity index (χ3n) is 3.15. The topological polar surface area (TPSA) is 55.6 Å². The Morgan fingerprint density at radius 3 is 3.18 bits per heavy atom. The van der Waals surface area contributed by atoms with Crippen LogP contribution in [-0.4, -0.2) is 32.3 Å². The van der Waals surface area contributed by atoms with Crippen LogP contribution in [0.25, 0.3) is 11.0 Å². The van der Waals surface area contributed by atoms with Gasteiger partial charge in [-0.15, -0.1) is 0 Å².